The van der Waals surface area contributed by atoms with Gasteiger partial charge < -0.3 is 5.11 Å². The van der Waals surface area contributed by atoms with Gasteiger partial charge in [0.05, 0.1) is 4.91 Å². The fourth-order valence-corrected chi connectivity index (χ4v) is 3.49. The Morgan fingerprint density at radius 1 is 1.45 bits per heavy atom. The Balaban J connectivity index is 2.34. The number of halogens is 1. The minimum absolute atomic E-state index is 0.203. The number of thiocarbonyl (C=S) groups is 1. The van der Waals surface area contributed by atoms with Gasteiger partial charge in [-0.15, -0.1) is 0 Å². The Bertz CT molecular complexity index is 673. The van der Waals surface area contributed by atoms with Crippen molar-refractivity contribution < 1.29 is 19.1 Å². The fourth-order valence-electron chi connectivity index (χ4n) is 2.16. The van der Waals surface area contributed by atoms with E-state index in [-0.39, 0.29) is 10.2 Å². The van der Waals surface area contributed by atoms with E-state index in [1.54, 1.807) is 19.9 Å². The zero-order valence-electron chi connectivity index (χ0n) is 11.9. The molecule has 22 heavy (non-hydrogen) atoms. The topological polar surface area (TPSA) is 57.6 Å². The molecule has 1 N–H and O–H groups in total. The SMILES string of the molecule is CC(C)[C@@H](C(=O)O)N1C(=O)/C(=C/c2cccc(F)c2)SC1=S. The lowest BCUT2D eigenvalue weighted by Gasteiger charge is -2.26. The summed E-state index contributed by atoms with van der Waals surface area (Å²) in [5.74, 6) is -2.25. The number of hydrogen-bond acceptors (Lipinski definition) is 4. The van der Waals surface area contributed by atoms with Crippen LogP contribution >= 0.6 is 24.0 Å². The van der Waals surface area contributed by atoms with Gasteiger partial charge in [0.25, 0.3) is 5.91 Å². The highest BCUT2D eigenvalue weighted by molar-refractivity contribution is 8.26. The monoisotopic (exact) mass is 339 g/mol. The molecule has 116 valence electrons. The molecule has 1 aliphatic heterocycles. The Labute approximate surface area is 137 Å². The molecule has 7 heteroatoms. The summed E-state index contributed by atoms with van der Waals surface area (Å²) in [5, 5.41) is 9.32. The number of thioether (sulfide) groups is 1. The Kier molecular flexibility index (Phi) is 4.97. The minimum atomic E-state index is -1.10. The lowest BCUT2D eigenvalue weighted by atomic mass is 10.0. The fraction of sp³-hybridized carbons (Fsp3) is 0.267. The molecule has 0 unspecified atom stereocenters. The number of rotatable bonds is 4. The third-order valence-corrected chi connectivity index (χ3v) is 4.46. The number of carbonyl (C=O) groups is 2. The molecular formula is C15H14FNO3S2. The first kappa shape index (κ1) is 16.6. The van der Waals surface area contributed by atoms with Crippen molar-refractivity contribution in [3.05, 3.63) is 40.6 Å². The highest BCUT2D eigenvalue weighted by Gasteiger charge is 2.41. The molecule has 1 atom stereocenters. The normalized spacial score (nSPS) is 18.4. The number of amides is 1. The summed E-state index contributed by atoms with van der Waals surface area (Å²) in [7, 11) is 0. The second-order valence-electron chi connectivity index (χ2n) is 5.13. The highest BCUT2D eigenvalue weighted by Crippen LogP contribution is 2.35. The molecule has 4 nitrogen and oxygen atoms in total. The van der Waals surface area contributed by atoms with Crippen LogP contribution in [0.5, 0.6) is 0 Å². The Morgan fingerprint density at radius 3 is 2.68 bits per heavy atom. The average Bonchev–Trinajstić information content (AvgIpc) is 2.66. The van der Waals surface area contributed by atoms with Gasteiger partial charge in [0, 0.05) is 0 Å². The smallest absolute Gasteiger partial charge is 0.327 e. The molecule has 0 bridgehead atoms. The van der Waals surface area contributed by atoms with E-state index in [1.165, 1.54) is 24.3 Å². The van der Waals surface area contributed by atoms with Gasteiger partial charge in [-0.25, -0.2) is 9.18 Å². The summed E-state index contributed by atoms with van der Waals surface area (Å²) in [6.07, 6.45) is 1.52. The molecule has 0 spiro atoms. The van der Waals surface area contributed by atoms with Crippen molar-refractivity contribution in [2.24, 2.45) is 5.92 Å². The number of aliphatic carboxylic acids is 1. The van der Waals surface area contributed by atoms with Crippen LogP contribution < -0.4 is 0 Å². The molecule has 1 aromatic carbocycles. The summed E-state index contributed by atoms with van der Waals surface area (Å²) in [5.41, 5.74) is 0.525. The molecule has 0 radical (unpaired) electrons. The van der Waals surface area contributed by atoms with Crippen LogP contribution in [-0.2, 0) is 9.59 Å². The van der Waals surface area contributed by atoms with Gasteiger partial charge in [-0.1, -0.05) is 50.0 Å². The van der Waals surface area contributed by atoms with E-state index in [4.69, 9.17) is 12.2 Å². The van der Waals surface area contributed by atoms with Crippen LogP contribution in [0.15, 0.2) is 29.2 Å². The Morgan fingerprint density at radius 2 is 2.14 bits per heavy atom. The van der Waals surface area contributed by atoms with Crippen LogP contribution in [0.4, 0.5) is 4.39 Å². The van der Waals surface area contributed by atoms with Crippen molar-refractivity contribution >= 4 is 46.3 Å². The second-order valence-corrected chi connectivity index (χ2v) is 6.81. The maximum Gasteiger partial charge on any atom is 0.327 e. The number of nitrogens with zero attached hydrogens (tertiary/aromatic N) is 1. The van der Waals surface area contributed by atoms with Crippen molar-refractivity contribution in [3.8, 4) is 0 Å². The molecule has 1 saturated heterocycles. The standard InChI is InChI=1S/C15H14FNO3S2/c1-8(2)12(14(19)20)17-13(18)11(22-15(17)21)7-9-4-3-5-10(16)6-9/h3-8,12H,1-2H3,(H,19,20)/b11-7-/t12-/m0/s1. The third-order valence-electron chi connectivity index (χ3n) is 3.13. The van der Waals surface area contributed by atoms with E-state index in [0.717, 1.165) is 16.7 Å². The van der Waals surface area contributed by atoms with Crippen molar-refractivity contribution in [3.63, 3.8) is 0 Å². The summed E-state index contributed by atoms with van der Waals surface area (Å²) in [4.78, 5) is 25.3. The van der Waals surface area contributed by atoms with Gasteiger partial charge in [0.1, 0.15) is 16.2 Å². The van der Waals surface area contributed by atoms with Crippen LogP contribution in [0.25, 0.3) is 6.08 Å². The second kappa shape index (κ2) is 6.58. The predicted molar refractivity (Wildman–Crippen MR) is 87.7 cm³/mol. The predicted octanol–water partition coefficient (Wildman–Crippen LogP) is 3.14. The molecule has 1 aliphatic rings. The van der Waals surface area contributed by atoms with Gasteiger partial charge in [-0.3, -0.25) is 9.69 Å². The summed E-state index contributed by atoms with van der Waals surface area (Å²) in [6.45, 7) is 3.43. The first-order valence-electron chi connectivity index (χ1n) is 6.56. The highest BCUT2D eigenvalue weighted by atomic mass is 32.2. The number of hydrogen-bond donors (Lipinski definition) is 1. The molecule has 1 aromatic rings. The van der Waals surface area contributed by atoms with Crippen molar-refractivity contribution in [1.82, 2.24) is 4.90 Å². The third kappa shape index (κ3) is 3.36. The summed E-state index contributed by atoms with van der Waals surface area (Å²) < 4.78 is 13.4. The zero-order valence-corrected chi connectivity index (χ0v) is 13.6. The maximum absolute atomic E-state index is 13.2. The quantitative estimate of drug-likeness (QED) is 0.675. The molecule has 0 aliphatic carbocycles. The largest absolute Gasteiger partial charge is 0.480 e. The van der Waals surface area contributed by atoms with Crippen LogP contribution in [0, 0.1) is 11.7 Å². The van der Waals surface area contributed by atoms with E-state index in [1.807, 2.05) is 0 Å². The number of carboxylic acids is 1. The maximum atomic E-state index is 13.2. The average molecular weight is 339 g/mol. The molecular weight excluding hydrogens is 325 g/mol. The first-order valence-corrected chi connectivity index (χ1v) is 7.79. The summed E-state index contributed by atoms with van der Waals surface area (Å²) in [6, 6.07) is 4.79. The van der Waals surface area contributed by atoms with E-state index in [2.05, 4.69) is 0 Å². The van der Waals surface area contributed by atoms with Crippen molar-refractivity contribution in [1.29, 1.82) is 0 Å². The van der Waals surface area contributed by atoms with Crippen LogP contribution in [-0.4, -0.2) is 32.2 Å². The van der Waals surface area contributed by atoms with Gasteiger partial charge in [0.2, 0.25) is 0 Å². The van der Waals surface area contributed by atoms with Gasteiger partial charge in [0.15, 0.2) is 0 Å². The first-order chi connectivity index (χ1) is 10.3. The van der Waals surface area contributed by atoms with E-state index < -0.39 is 23.7 Å². The molecule has 0 aromatic heterocycles. The van der Waals surface area contributed by atoms with Crippen molar-refractivity contribution in [2.45, 2.75) is 19.9 Å². The van der Waals surface area contributed by atoms with E-state index >= 15 is 0 Å². The number of benzene rings is 1. The minimum Gasteiger partial charge on any atom is -0.480 e. The molecule has 1 heterocycles. The number of carbonyl (C=O) groups excluding carboxylic acids is 1. The van der Waals surface area contributed by atoms with Crippen LogP contribution in [0.2, 0.25) is 0 Å². The van der Waals surface area contributed by atoms with Crippen LogP contribution in [0.1, 0.15) is 19.4 Å². The molecule has 1 amide bonds. The van der Waals surface area contributed by atoms with Gasteiger partial charge >= 0.3 is 5.97 Å². The molecule has 0 saturated carbocycles. The van der Waals surface area contributed by atoms with Crippen LogP contribution in [0.3, 0.4) is 0 Å². The Hall–Kier alpha value is -1.73. The molecule has 1 fully saturated rings. The lowest BCUT2D eigenvalue weighted by molar-refractivity contribution is -0.146. The number of carboxylic acid groups (broad SMARTS) is 1. The van der Waals surface area contributed by atoms with E-state index in [9.17, 15) is 19.1 Å². The molecule has 2 rings (SSSR count). The zero-order chi connectivity index (χ0) is 16.4. The summed E-state index contributed by atoms with van der Waals surface area (Å²) >= 11 is 6.17. The van der Waals surface area contributed by atoms with Gasteiger partial charge in [-0.05, 0) is 29.7 Å². The van der Waals surface area contributed by atoms with E-state index in [0.29, 0.717) is 10.5 Å². The van der Waals surface area contributed by atoms with Crippen molar-refractivity contribution in [2.75, 3.05) is 0 Å². The van der Waals surface area contributed by atoms with Gasteiger partial charge in [-0.2, -0.15) is 0 Å². The lowest BCUT2D eigenvalue weighted by Crippen LogP contribution is -2.47.